The lowest BCUT2D eigenvalue weighted by molar-refractivity contribution is 0.414. The summed E-state index contributed by atoms with van der Waals surface area (Å²) in [6.45, 7) is 6.82. The Labute approximate surface area is 109 Å². The summed E-state index contributed by atoms with van der Waals surface area (Å²) in [7, 11) is 1.67. The van der Waals surface area contributed by atoms with Gasteiger partial charge in [0.05, 0.1) is 7.11 Å². The molecular formula is C13H20N2OS. The second-order valence-corrected chi connectivity index (χ2v) is 4.07. The Morgan fingerprint density at radius 1 is 1.24 bits per heavy atom. The van der Waals surface area contributed by atoms with E-state index in [1.165, 1.54) is 5.56 Å². The summed E-state index contributed by atoms with van der Waals surface area (Å²) < 4.78 is 5.11. The Balaban J connectivity index is 2.46. The van der Waals surface area contributed by atoms with E-state index >= 15 is 0 Å². The van der Waals surface area contributed by atoms with Gasteiger partial charge in [-0.3, -0.25) is 0 Å². The van der Waals surface area contributed by atoms with Gasteiger partial charge in [0.2, 0.25) is 0 Å². The molecule has 0 aromatic heterocycles. The first kappa shape index (κ1) is 13.8. The van der Waals surface area contributed by atoms with Crippen LogP contribution in [-0.2, 0) is 6.54 Å². The predicted molar refractivity (Wildman–Crippen MR) is 75.4 cm³/mol. The minimum Gasteiger partial charge on any atom is -0.497 e. The van der Waals surface area contributed by atoms with Gasteiger partial charge < -0.3 is 15.0 Å². The predicted octanol–water partition coefficient (Wildman–Crippen LogP) is 2.41. The molecule has 0 aliphatic rings. The van der Waals surface area contributed by atoms with E-state index in [1.807, 2.05) is 24.3 Å². The quantitative estimate of drug-likeness (QED) is 0.813. The largest absolute Gasteiger partial charge is 0.497 e. The second-order valence-electron chi connectivity index (χ2n) is 3.68. The zero-order chi connectivity index (χ0) is 12.7. The van der Waals surface area contributed by atoms with Crippen LogP contribution in [0.5, 0.6) is 5.75 Å². The smallest absolute Gasteiger partial charge is 0.169 e. The molecule has 1 aromatic carbocycles. The van der Waals surface area contributed by atoms with Gasteiger partial charge in [0.1, 0.15) is 5.75 Å². The molecule has 0 heterocycles. The molecule has 0 atom stereocenters. The molecule has 0 spiro atoms. The molecule has 0 unspecified atom stereocenters. The number of methoxy groups -OCH3 is 1. The molecule has 1 N–H and O–H groups in total. The first-order chi connectivity index (χ1) is 8.21. The third kappa shape index (κ3) is 4.23. The SMILES string of the molecule is CCN(CC)C(=S)NCc1ccc(OC)cc1. The molecule has 0 fully saturated rings. The summed E-state index contributed by atoms with van der Waals surface area (Å²) >= 11 is 5.31. The van der Waals surface area contributed by atoms with Crippen LogP contribution in [0.4, 0.5) is 0 Å². The lowest BCUT2D eigenvalue weighted by Gasteiger charge is -2.22. The Hall–Kier alpha value is -1.29. The minimum atomic E-state index is 0.749. The van der Waals surface area contributed by atoms with Crippen LogP contribution in [0.15, 0.2) is 24.3 Å². The van der Waals surface area contributed by atoms with Gasteiger partial charge in [-0.05, 0) is 43.8 Å². The van der Waals surface area contributed by atoms with E-state index in [9.17, 15) is 0 Å². The van der Waals surface area contributed by atoms with Gasteiger partial charge in [-0.2, -0.15) is 0 Å². The molecule has 17 heavy (non-hydrogen) atoms. The lowest BCUT2D eigenvalue weighted by Crippen LogP contribution is -2.39. The van der Waals surface area contributed by atoms with Crippen molar-refractivity contribution < 1.29 is 4.74 Å². The number of nitrogens with zero attached hydrogens (tertiary/aromatic N) is 1. The fourth-order valence-corrected chi connectivity index (χ4v) is 1.87. The highest BCUT2D eigenvalue weighted by atomic mass is 32.1. The highest BCUT2D eigenvalue weighted by Gasteiger charge is 2.03. The Kier molecular flexibility index (Phi) is 5.77. The number of nitrogens with one attached hydrogen (secondary N) is 1. The van der Waals surface area contributed by atoms with Crippen molar-refractivity contribution in [3.05, 3.63) is 29.8 Å². The van der Waals surface area contributed by atoms with Crippen LogP contribution in [0.1, 0.15) is 19.4 Å². The van der Waals surface area contributed by atoms with E-state index < -0.39 is 0 Å². The summed E-state index contributed by atoms with van der Waals surface area (Å²) in [6.07, 6.45) is 0. The van der Waals surface area contributed by atoms with Crippen LogP contribution in [0.2, 0.25) is 0 Å². The van der Waals surface area contributed by atoms with E-state index in [0.717, 1.165) is 30.5 Å². The van der Waals surface area contributed by atoms with Gasteiger partial charge >= 0.3 is 0 Å². The molecule has 0 saturated carbocycles. The van der Waals surface area contributed by atoms with Crippen molar-refractivity contribution in [3.63, 3.8) is 0 Å². The third-order valence-electron chi connectivity index (χ3n) is 2.65. The molecule has 0 bridgehead atoms. The van der Waals surface area contributed by atoms with Gasteiger partial charge in [0.25, 0.3) is 0 Å². The van der Waals surface area contributed by atoms with Crippen molar-refractivity contribution in [2.45, 2.75) is 20.4 Å². The summed E-state index contributed by atoms with van der Waals surface area (Å²) in [4.78, 5) is 2.12. The molecule has 94 valence electrons. The maximum absolute atomic E-state index is 5.31. The van der Waals surface area contributed by atoms with Crippen molar-refractivity contribution in [1.82, 2.24) is 10.2 Å². The average molecular weight is 252 g/mol. The standard InChI is InChI=1S/C13H20N2OS/c1-4-15(5-2)13(17)14-10-11-6-8-12(16-3)9-7-11/h6-9H,4-5,10H2,1-3H3,(H,14,17). The number of rotatable bonds is 5. The van der Waals surface area contributed by atoms with E-state index in [0.29, 0.717) is 0 Å². The van der Waals surface area contributed by atoms with Gasteiger partial charge in [-0.15, -0.1) is 0 Å². The monoisotopic (exact) mass is 252 g/mol. The molecule has 0 saturated heterocycles. The number of hydrogen-bond acceptors (Lipinski definition) is 2. The molecule has 0 amide bonds. The molecule has 4 heteroatoms. The van der Waals surface area contributed by atoms with Crippen LogP contribution in [-0.4, -0.2) is 30.2 Å². The number of ether oxygens (including phenoxy) is 1. The molecular weight excluding hydrogens is 232 g/mol. The van der Waals surface area contributed by atoms with Crippen LogP contribution in [0.3, 0.4) is 0 Å². The normalized spacial score (nSPS) is 9.82. The highest BCUT2D eigenvalue weighted by Crippen LogP contribution is 2.10. The van der Waals surface area contributed by atoms with Crippen molar-refractivity contribution in [2.75, 3.05) is 20.2 Å². The lowest BCUT2D eigenvalue weighted by atomic mass is 10.2. The molecule has 1 rings (SSSR count). The zero-order valence-electron chi connectivity index (χ0n) is 10.7. The minimum absolute atomic E-state index is 0.749. The van der Waals surface area contributed by atoms with E-state index in [2.05, 4.69) is 24.1 Å². The summed E-state index contributed by atoms with van der Waals surface area (Å²) in [6, 6.07) is 7.99. The van der Waals surface area contributed by atoms with Crippen LogP contribution < -0.4 is 10.1 Å². The maximum Gasteiger partial charge on any atom is 0.169 e. The fourth-order valence-electron chi connectivity index (χ4n) is 1.54. The summed E-state index contributed by atoms with van der Waals surface area (Å²) in [5.41, 5.74) is 1.19. The van der Waals surface area contributed by atoms with Crippen molar-refractivity contribution in [3.8, 4) is 5.75 Å². The average Bonchev–Trinajstić information content (AvgIpc) is 2.38. The van der Waals surface area contributed by atoms with Crippen molar-refractivity contribution >= 4 is 17.3 Å². The number of thiocarbonyl (C=S) groups is 1. The molecule has 0 aliphatic carbocycles. The van der Waals surface area contributed by atoms with Gasteiger partial charge in [-0.25, -0.2) is 0 Å². The van der Waals surface area contributed by atoms with Crippen molar-refractivity contribution in [2.24, 2.45) is 0 Å². The molecule has 0 radical (unpaired) electrons. The fraction of sp³-hybridized carbons (Fsp3) is 0.462. The highest BCUT2D eigenvalue weighted by molar-refractivity contribution is 7.80. The van der Waals surface area contributed by atoms with Gasteiger partial charge in [-0.1, -0.05) is 12.1 Å². The molecule has 0 aliphatic heterocycles. The Morgan fingerprint density at radius 2 is 1.82 bits per heavy atom. The molecule has 1 aromatic rings. The first-order valence-electron chi connectivity index (χ1n) is 5.87. The van der Waals surface area contributed by atoms with Crippen LogP contribution >= 0.6 is 12.2 Å². The van der Waals surface area contributed by atoms with Crippen molar-refractivity contribution in [1.29, 1.82) is 0 Å². The van der Waals surface area contributed by atoms with Crippen LogP contribution in [0.25, 0.3) is 0 Å². The second kappa shape index (κ2) is 7.12. The Bertz CT molecular complexity index is 347. The zero-order valence-corrected chi connectivity index (χ0v) is 11.5. The summed E-state index contributed by atoms with van der Waals surface area (Å²) in [5.74, 6) is 0.875. The topological polar surface area (TPSA) is 24.5 Å². The summed E-state index contributed by atoms with van der Waals surface area (Å²) in [5, 5.41) is 4.07. The van der Waals surface area contributed by atoms with Gasteiger partial charge in [0, 0.05) is 19.6 Å². The van der Waals surface area contributed by atoms with E-state index in [1.54, 1.807) is 7.11 Å². The van der Waals surface area contributed by atoms with E-state index in [4.69, 9.17) is 17.0 Å². The number of benzene rings is 1. The Morgan fingerprint density at radius 3 is 2.29 bits per heavy atom. The van der Waals surface area contributed by atoms with Crippen LogP contribution in [0, 0.1) is 0 Å². The molecule has 3 nitrogen and oxygen atoms in total. The maximum atomic E-state index is 5.31. The first-order valence-corrected chi connectivity index (χ1v) is 6.27. The third-order valence-corrected chi connectivity index (χ3v) is 3.06. The van der Waals surface area contributed by atoms with E-state index in [-0.39, 0.29) is 0 Å². The van der Waals surface area contributed by atoms with Gasteiger partial charge in [0.15, 0.2) is 5.11 Å². The number of hydrogen-bond donors (Lipinski definition) is 1.